The van der Waals surface area contributed by atoms with Crippen molar-refractivity contribution in [1.29, 1.82) is 0 Å². The maximum atomic E-state index is 6.08. The average Bonchev–Trinajstić information content (AvgIpc) is 2.66. The molecule has 0 amide bonds. The van der Waals surface area contributed by atoms with Crippen molar-refractivity contribution in [2.45, 2.75) is 13.2 Å². The fraction of sp³-hybridized carbons (Fsp3) is 0.143. The quantitative estimate of drug-likeness (QED) is 0.475. The maximum Gasteiger partial charge on any atom is 0.166 e. The molecule has 0 radical (unpaired) electrons. The Hall–Kier alpha value is -2.17. The van der Waals surface area contributed by atoms with Crippen molar-refractivity contribution in [2.24, 2.45) is 0 Å². The Kier molecular flexibility index (Phi) is 6.42. The molecule has 134 valence electrons. The minimum absolute atomic E-state index is 0.423. The first-order chi connectivity index (χ1) is 12.7. The van der Waals surface area contributed by atoms with Crippen LogP contribution in [0.4, 0.5) is 5.69 Å². The molecule has 0 aliphatic rings. The lowest BCUT2D eigenvalue weighted by Crippen LogP contribution is -2.05. The van der Waals surface area contributed by atoms with E-state index >= 15 is 0 Å². The number of para-hydroxylation sites is 1. The number of benzene rings is 3. The van der Waals surface area contributed by atoms with E-state index < -0.39 is 0 Å². The highest BCUT2D eigenvalue weighted by atomic mass is 79.9. The molecule has 1 N–H and O–H groups in total. The van der Waals surface area contributed by atoms with Gasteiger partial charge in [-0.2, -0.15) is 0 Å². The van der Waals surface area contributed by atoms with Gasteiger partial charge >= 0.3 is 0 Å². The molecule has 3 rings (SSSR count). The second-order valence-corrected chi connectivity index (χ2v) is 7.08. The van der Waals surface area contributed by atoms with Crippen LogP contribution >= 0.6 is 27.5 Å². The lowest BCUT2D eigenvalue weighted by Gasteiger charge is -2.16. The molecule has 3 nitrogen and oxygen atoms in total. The molecule has 0 bridgehead atoms. The molecule has 0 aliphatic heterocycles. The van der Waals surface area contributed by atoms with E-state index in [1.807, 2.05) is 66.7 Å². The standard InChI is InChI=1S/C21H19BrClNO2/c1-25-20-7-3-5-16(13-24-19-10-8-17(22)9-11-19)21(20)26-14-15-4-2-6-18(23)12-15/h2-12,24H,13-14H2,1H3. The third-order valence-corrected chi connectivity index (χ3v) is 4.64. The van der Waals surface area contributed by atoms with Crippen LogP contribution in [-0.2, 0) is 13.2 Å². The Morgan fingerprint density at radius 3 is 2.50 bits per heavy atom. The minimum Gasteiger partial charge on any atom is -0.493 e. The molecule has 0 saturated heterocycles. The highest BCUT2D eigenvalue weighted by molar-refractivity contribution is 9.10. The van der Waals surface area contributed by atoms with Gasteiger partial charge in [0.05, 0.1) is 7.11 Å². The van der Waals surface area contributed by atoms with E-state index in [1.165, 1.54) is 0 Å². The molecule has 26 heavy (non-hydrogen) atoms. The molecular formula is C21H19BrClNO2. The number of rotatable bonds is 7. The van der Waals surface area contributed by atoms with E-state index in [4.69, 9.17) is 21.1 Å². The summed E-state index contributed by atoms with van der Waals surface area (Å²) in [6.45, 7) is 1.05. The summed E-state index contributed by atoms with van der Waals surface area (Å²) in [5.41, 5.74) is 3.07. The van der Waals surface area contributed by atoms with Crippen molar-refractivity contribution in [1.82, 2.24) is 0 Å². The van der Waals surface area contributed by atoms with E-state index in [2.05, 4.69) is 21.2 Å². The van der Waals surface area contributed by atoms with Crippen LogP contribution < -0.4 is 14.8 Å². The highest BCUT2D eigenvalue weighted by Gasteiger charge is 2.11. The minimum atomic E-state index is 0.423. The maximum absolute atomic E-state index is 6.08. The molecule has 0 aliphatic carbocycles. The molecule has 0 aromatic heterocycles. The monoisotopic (exact) mass is 431 g/mol. The fourth-order valence-electron chi connectivity index (χ4n) is 2.57. The summed E-state index contributed by atoms with van der Waals surface area (Å²) in [4.78, 5) is 0. The second-order valence-electron chi connectivity index (χ2n) is 5.73. The zero-order valence-corrected chi connectivity index (χ0v) is 16.7. The Bertz CT molecular complexity index is 868. The molecule has 3 aromatic rings. The van der Waals surface area contributed by atoms with Gasteiger partial charge in [-0.15, -0.1) is 0 Å². The Balaban J connectivity index is 1.75. The van der Waals surface area contributed by atoms with Crippen LogP contribution in [0.1, 0.15) is 11.1 Å². The molecule has 3 aromatic carbocycles. The van der Waals surface area contributed by atoms with Gasteiger partial charge in [0.15, 0.2) is 11.5 Å². The Labute approximate surface area is 167 Å². The summed E-state index contributed by atoms with van der Waals surface area (Å²) < 4.78 is 12.6. The van der Waals surface area contributed by atoms with Gasteiger partial charge in [-0.25, -0.2) is 0 Å². The predicted molar refractivity (Wildman–Crippen MR) is 110 cm³/mol. The van der Waals surface area contributed by atoms with Crippen LogP contribution in [-0.4, -0.2) is 7.11 Å². The summed E-state index contributed by atoms with van der Waals surface area (Å²) in [6, 6.07) is 21.6. The zero-order chi connectivity index (χ0) is 18.4. The zero-order valence-electron chi connectivity index (χ0n) is 14.3. The lowest BCUT2D eigenvalue weighted by molar-refractivity contribution is 0.281. The highest BCUT2D eigenvalue weighted by Crippen LogP contribution is 2.32. The normalized spacial score (nSPS) is 10.4. The van der Waals surface area contributed by atoms with Crippen molar-refractivity contribution in [3.63, 3.8) is 0 Å². The molecule has 0 saturated carbocycles. The molecule has 0 unspecified atom stereocenters. The number of halogens is 2. The molecular weight excluding hydrogens is 414 g/mol. The van der Waals surface area contributed by atoms with E-state index in [0.29, 0.717) is 23.9 Å². The SMILES string of the molecule is COc1cccc(CNc2ccc(Br)cc2)c1OCc1cccc(Cl)c1. The van der Waals surface area contributed by atoms with Gasteiger partial charge in [-0.1, -0.05) is 51.8 Å². The summed E-state index contributed by atoms with van der Waals surface area (Å²) in [7, 11) is 1.65. The van der Waals surface area contributed by atoms with Crippen LogP contribution in [0.25, 0.3) is 0 Å². The van der Waals surface area contributed by atoms with Crippen molar-refractivity contribution >= 4 is 33.2 Å². The van der Waals surface area contributed by atoms with Gasteiger partial charge in [-0.05, 0) is 48.0 Å². The third kappa shape index (κ3) is 4.93. The van der Waals surface area contributed by atoms with Crippen LogP contribution in [0.3, 0.4) is 0 Å². The van der Waals surface area contributed by atoms with Crippen LogP contribution in [0, 0.1) is 0 Å². The van der Waals surface area contributed by atoms with Gasteiger partial charge in [0.25, 0.3) is 0 Å². The van der Waals surface area contributed by atoms with E-state index in [1.54, 1.807) is 7.11 Å². The molecule has 0 fully saturated rings. The predicted octanol–water partition coefficient (Wildman–Crippen LogP) is 6.30. The Morgan fingerprint density at radius 1 is 1.00 bits per heavy atom. The Morgan fingerprint density at radius 2 is 1.77 bits per heavy atom. The average molecular weight is 433 g/mol. The first-order valence-electron chi connectivity index (χ1n) is 8.18. The number of methoxy groups -OCH3 is 1. The fourth-order valence-corrected chi connectivity index (χ4v) is 3.05. The number of nitrogens with one attached hydrogen (secondary N) is 1. The van der Waals surface area contributed by atoms with Crippen molar-refractivity contribution in [2.75, 3.05) is 12.4 Å². The third-order valence-electron chi connectivity index (χ3n) is 3.88. The van der Waals surface area contributed by atoms with Crippen molar-refractivity contribution in [3.05, 3.63) is 87.4 Å². The molecule has 0 atom stereocenters. The van der Waals surface area contributed by atoms with Gasteiger partial charge in [0.2, 0.25) is 0 Å². The first-order valence-corrected chi connectivity index (χ1v) is 9.35. The molecule has 5 heteroatoms. The topological polar surface area (TPSA) is 30.5 Å². The van der Waals surface area contributed by atoms with E-state index in [0.717, 1.165) is 27.0 Å². The van der Waals surface area contributed by atoms with Crippen LogP contribution in [0.15, 0.2) is 71.2 Å². The number of hydrogen-bond donors (Lipinski definition) is 1. The largest absolute Gasteiger partial charge is 0.493 e. The number of ether oxygens (including phenoxy) is 2. The summed E-state index contributed by atoms with van der Waals surface area (Å²) >= 11 is 9.50. The smallest absolute Gasteiger partial charge is 0.166 e. The van der Waals surface area contributed by atoms with Gasteiger partial charge in [0, 0.05) is 27.3 Å². The summed E-state index contributed by atoms with van der Waals surface area (Å²) in [6.07, 6.45) is 0. The summed E-state index contributed by atoms with van der Waals surface area (Å²) in [5.74, 6) is 1.45. The van der Waals surface area contributed by atoms with Gasteiger partial charge < -0.3 is 14.8 Å². The van der Waals surface area contributed by atoms with Crippen molar-refractivity contribution in [3.8, 4) is 11.5 Å². The van der Waals surface area contributed by atoms with E-state index in [9.17, 15) is 0 Å². The van der Waals surface area contributed by atoms with Crippen LogP contribution in [0.5, 0.6) is 11.5 Å². The van der Waals surface area contributed by atoms with Gasteiger partial charge in [-0.3, -0.25) is 0 Å². The second kappa shape index (κ2) is 8.97. The lowest BCUT2D eigenvalue weighted by atomic mass is 10.1. The molecule has 0 heterocycles. The van der Waals surface area contributed by atoms with Crippen molar-refractivity contribution < 1.29 is 9.47 Å². The number of anilines is 1. The summed E-state index contributed by atoms with van der Waals surface area (Å²) in [5, 5.41) is 4.11. The number of hydrogen-bond acceptors (Lipinski definition) is 3. The first kappa shape index (κ1) is 18.6. The van der Waals surface area contributed by atoms with E-state index in [-0.39, 0.29) is 0 Å². The van der Waals surface area contributed by atoms with Crippen LogP contribution in [0.2, 0.25) is 5.02 Å². The van der Waals surface area contributed by atoms with Gasteiger partial charge in [0.1, 0.15) is 6.61 Å². The molecule has 0 spiro atoms.